The number of ether oxygens (including phenoxy) is 1. The van der Waals surface area contributed by atoms with Gasteiger partial charge in [0.15, 0.2) is 0 Å². The summed E-state index contributed by atoms with van der Waals surface area (Å²) < 4.78 is 5.20. The SMILES string of the molecule is CCOC(=O)c1c(-c2ccc(C)cc2)csc1NC(=O)c1cccnc1Cl. The minimum Gasteiger partial charge on any atom is -0.462 e. The van der Waals surface area contributed by atoms with E-state index in [1.54, 1.807) is 19.1 Å². The Kier molecular flexibility index (Phi) is 5.88. The summed E-state index contributed by atoms with van der Waals surface area (Å²) >= 11 is 7.26. The molecule has 0 radical (unpaired) electrons. The number of anilines is 1. The Morgan fingerprint density at radius 3 is 2.63 bits per heavy atom. The van der Waals surface area contributed by atoms with Crippen LogP contribution in [0.4, 0.5) is 5.00 Å². The second-order valence-corrected chi connectivity index (χ2v) is 6.97. The number of aromatic nitrogens is 1. The minimum atomic E-state index is -0.484. The van der Waals surface area contributed by atoms with Crippen LogP contribution in [0.3, 0.4) is 0 Å². The van der Waals surface area contributed by atoms with E-state index < -0.39 is 11.9 Å². The third-order valence-electron chi connectivity index (χ3n) is 3.86. The number of nitrogens with one attached hydrogen (secondary N) is 1. The van der Waals surface area contributed by atoms with E-state index in [1.807, 2.05) is 36.6 Å². The van der Waals surface area contributed by atoms with Gasteiger partial charge in [-0.2, -0.15) is 0 Å². The van der Waals surface area contributed by atoms with Crippen LogP contribution in [-0.2, 0) is 4.74 Å². The van der Waals surface area contributed by atoms with E-state index in [2.05, 4.69) is 10.3 Å². The number of hydrogen-bond donors (Lipinski definition) is 1. The van der Waals surface area contributed by atoms with Gasteiger partial charge in [-0.3, -0.25) is 4.79 Å². The van der Waals surface area contributed by atoms with Crippen molar-refractivity contribution in [1.29, 1.82) is 0 Å². The fourth-order valence-corrected chi connectivity index (χ4v) is 3.68. The fourth-order valence-electron chi connectivity index (χ4n) is 2.53. The average Bonchev–Trinajstić information content (AvgIpc) is 3.06. The molecule has 0 aliphatic rings. The standard InChI is InChI=1S/C20H17ClN2O3S/c1-3-26-20(25)16-15(13-8-6-12(2)7-9-13)11-27-19(16)23-18(24)14-5-4-10-22-17(14)21/h4-11H,3H2,1-2H3,(H,23,24). The lowest BCUT2D eigenvalue weighted by molar-refractivity contribution is 0.0529. The number of halogens is 1. The molecule has 1 aromatic carbocycles. The number of aryl methyl sites for hydroxylation is 1. The second kappa shape index (κ2) is 8.33. The smallest absolute Gasteiger partial charge is 0.341 e. The van der Waals surface area contributed by atoms with Gasteiger partial charge in [0.25, 0.3) is 5.91 Å². The van der Waals surface area contributed by atoms with E-state index in [4.69, 9.17) is 16.3 Å². The van der Waals surface area contributed by atoms with E-state index in [0.717, 1.165) is 11.1 Å². The van der Waals surface area contributed by atoms with Gasteiger partial charge in [0.05, 0.1) is 12.2 Å². The number of thiophene rings is 1. The maximum absolute atomic E-state index is 12.6. The average molecular weight is 401 g/mol. The monoisotopic (exact) mass is 400 g/mol. The molecule has 0 atom stereocenters. The lowest BCUT2D eigenvalue weighted by Crippen LogP contribution is -2.15. The van der Waals surface area contributed by atoms with Crippen molar-refractivity contribution in [2.75, 3.05) is 11.9 Å². The van der Waals surface area contributed by atoms with Crippen LogP contribution in [0.2, 0.25) is 5.15 Å². The Bertz CT molecular complexity index is 983. The van der Waals surface area contributed by atoms with Gasteiger partial charge in [-0.05, 0) is 31.5 Å². The zero-order chi connectivity index (χ0) is 19.4. The largest absolute Gasteiger partial charge is 0.462 e. The summed E-state index contributed by atoms with van der Waals surface area (Å²) in [5.74, 6) is -0.919. The zero-order valence-corrected chi connectivity index (χ0v) is 16.4. The van der Waals surface area contributed by atoms with Gasteiger partial charge in [0.1, 0.15) is 15.7 Å². The van der Waals surface area contributed by atoms with Crippen molar-refractivity contribution in [2.45, 2.75) is 13.8 Å². The first-order valence-corrected chi connectivity index (χ1v) is 9.54. The zero-order valence-electron chi connectivity index (χ0n) is 14.8. The van der Waals surface area contributed by atoms with Crippen molar-refractivity contribution in [3.8, 4) is 11.1 Å². The highest BCUT2D eigenvalue weighted by Crippen LogP contribution is 2.36. The van der Waals surface area contributed by atoms with E-state index in [9.17, 15) is 9.59 Å². The molecule has 0 aliphatic heterocycles. The van der Waals surface area contributed by atoms with Crippen LogP contribution >= 0.6 is 22.9 Å². The Hall–Kier alpha value is -2.70. The number of nitrogens with zero attached hydrogens (tertiary/aromatic N) is 1. The molecular formula is C20H17ClN2O3S. The summed E-state index contributed by atoms with van der Waals surface area (Å²) in [7, 11) is 0. The van der Waals surface area contributed by atoms with Crippen molar-refractivity contribution < 1.29 is 14.3 Å². The topological polar surface area (TPSA) is 68.3 Å². The number of rotatable bonds is 5. The molecule has 1 amide bonds. The number of amides is 1. The van der Waals surface area contributed by atoms with Crippen LogP contribution < -0.4 is 5.32 Å². The predicted molar refractivity (Wildman–Crippen MR) is 108 cm³/mol. The van der Waals surface area contributed by atoms with Crippen molar-refractivity contribution in [3.63, 3.8) is 0 Å². The van der Waals surface area contributed by atoms with Gasteiger partial charge in [0.2, 0.25) is 0 Å². The summed E-state index contributed by atoms with van der Waals surface area (Å²) in [5.41, 5.74) is 3.27. The van der Waals surface area contributed by atoms with Crippen LogP contribution in [-0.4, -0.2) is 23.5 Å². The highest BCUT2D eigenvalue weighted by Gasteiger charge is 2.23. The number of esters is 1. The quantitative estimate of drug-likeness (QED) is 0.472. The number of benzene rings is 1. The third kappa shape index (κ3) is 4.18. The maximum atomic E-state index is 12.6. The van der Waals surface area contributed by atoms with E-state index in [0.29, 0.717) is 16.1 Å². The molecule has 3 aromatic rings. The molecule has 7 heteroatoms. The first kappa shape index (κ1) is 19.1. The molecule has 0 spiro atoms. The Morgan fingerprint density at radius 1 is 1.22 bits per heavy atom. The lowest BCUT2D eigenvalue weighted by atomic mass is 10.0. The van der Waals surface area contributed by atoms with Crippen LogP contribution in [0.15, 0.2) is 48.0 Å². The first-order valence-electron chi connectivity index (χ1n) is 8.28. The van der Waals surface area contributed by atoms with Gasteiger partial charge in [-0.15, -0.1) is 11.3 Å². The second-order valence-electron chi connectivity index (χ2n) is 5.74. The van der Waals surface area contributed by atoms with Gasteiger partial charge >= 0.3 is 5.97 Å². The summed E-state index contributed by atoms with van der Waals surface area (Å²) in [6.45, 7) is 3.97. The molecule has 0 bridgehead atoms. The molecule has 5 nitrogen and oxygen atoms in total. The van der Waals surface area contributed by atoms with Gasteiger partial charge in [-0.1, -0.05) is 41.4 Å². The van der Waals surface area contributed by atoms with Crippen molar-refractivity contribution in [2.24, 2.45) is 0 Å². The number of hydrogen-bond acceptors (Lipinski definition) is 5. The minimum absolute atomic E-state index is 0.1000. The summed E-state index contributed by atoms with van der Waals surface area (Å²) in [4.78, 5) is 29.1. The van der Waals surface area contributed by atoms with E-state index in [1.165, 1.54) is 17.5 Å². The van der Waals surface area contributed by atoms with Gasteiger partial charge < -0.3 is 10.1 Å². The molecule has 0 fully saturated rings. The van der Waals surface area contributed by atoms with Crippen molar-refractivity contribution in [1.82, 2.24) is 4.98 Å². The Labute approximate surface area is 166 Å². The number of carbonyl (C=O) groups is 2. The molecule has 1 N–H and O–H groups in total. The van der Waals surface area contributed by atoms with Gasteiger partial charge in [0, 0.05) is 17.1 Å². The van der Waals surface area contributed by atoms with Crippen molar-refractivity contribution >= 4 is 39.8 Å². The molecule has 27 heavy (non-hydrogen) atoms. The summed E-state index contributed by atoms with van der Waals surface area (Å²) in [6.07, 6.45) is 1.50. The Morgan fingerprint density at radius 2 is 1.96 bits per heavy atom. The van der Waals surface area contributed by atoms with Crippen LogP contribution in [0, 0.1) is 6.92 Å². The van der Waals surface area contributed by atoms with Crippen LogP contribution in [0.5, 0.6) is 0 Å². The molecule has 2 heterocycles. The molecule has 0 saturated heterocycles. The predicted octanol–water partition coefficient (Wildman–Crippen LogP) is 5.20. The highest BCUT2D eigenvalue weighted by atomic mass is 35.5. The number of carbonyl (C=O) groups excluding carboxylic acids is 2. The summed E-state index contributed by atoms with van der Waals surface area (Å²) in [5, 5.41) is 5.10. The maximum Gasteiger partial charge on any atom is 0.341 e. The molecule has 0 aliphatic carbocycles. The van der Waals surface area contributed by atoms with Gasteiger partial charge in [-0.25, -0.2) is 9.78 Å². The molecule has 138 valence electrons. The van der Waals surface area contributed by atoms with E-state index >= 15 is 0 Å². The van der Waals surface area contributed by atoms with Crippen LogP contribution in [0.25, 0.3) is 11.1 Å². The molecule has 3 rings (SSSR count). The first-order chi connectivity index (χ1) is 13.0. The third-order valence-corrected chi connectivity index (χ3v) is 5.06. The Balaban J connectivity index is 2.00. The normalized spacial score (nSPS) is 10.5. The summed E-state index contributed by atoms with van der Waals surface area (Å²) in [6, 6.07) is 11.0. The molecule has 0 saturated carbocycles. The molecule has 2 aromatic heterocycles. The molecule has 0 unspecified atom stereocenters. The van der Waals surface area contributed by atoms with E-state index in [-0.39, 0.29) is 17.3 Å². The highest BCUT2D eigenvalue weighted by molar-refractivity contribution is 7.15. The lowest BCUT2D eigenvalue weighted by Gasteiger charge is -2.09. The van der Waals surface area contributed by atoms with Crippen LogP contribution in [0.1, 0.15) is 33.2 Å². The molecular weight excluding hydrogens is 384 g/mol. The van der Waals surface area contributed by atoms with Crippen molar-refractivity contribution in [3.05, 3.63) is 69.8 Å². The fraction of sp³-hybridized carbons (Fsp3) is 0.150. The number of pyridine rings is 1.